The molecule has 0 bridgehead atoms. The van der Waals surface area contributed by atoms with Crippen LogP contribution < -0.4 is 16.0 Å². The molecule has 1 saturated heterocycles. The highest BCUT2D eigenvalue weighted by atomic mass is 16.1. The molecule has 4 rings (SSSR count). The lowest BCUT2D eigenvalue weighted by molar-refractivity contribution is 0.0944. The average Bonchev–Trinajstić information content (AvgIpc) is 3.32. The lowest BCUT2D eigenvalue weighted by Crippen LogP contribution is -2.39. The Bertz CT molecular complexity index is 1000. The zero-order valence-corrected chi connectivity index (χ0v) is 16.9. The first-order valence-corrected chi connectivity index (χ1v) is 10.1. The summed E-state index contributed by atoms with van der Waals surface area (Å²) in [6, 6.07) is 0. The Labute approximate surface area is 168 Å². The maximum Gasteiger partial charge on any atom is 0.254 e. The van der Waals surface area contributed by atoms with Crippen molar-refractivity contribution in [3.8, 4) is 0 Å². The highest BCUT2D eigenvalue weighted by Gasteiger charge is 2.24. The van der Waals surface area contributed by atoms with Gasteiger partial charge in [0.1, 0.15) is 5.52 Å². The molecule has 154 valence electrons. The van der Waals surface area contributed by atoms with Crippen LogP contribution in [0.2, 0.25) is 0 Å². The molecule has 0 spiro atoms. The van der Waals surface area contributed by atoms with Crippen molar-refractivity contribution in [2.45, 2.75) is 39.7 Å². The van der Waals surface area contributed by atoms with Gasteiger partial charge in [-0.3, -0.25) is 9.48 Å². The molecule has 1 aliphatic rings. The SMILES string of the molecule is CCCn1cc(C(=O)NCC2CCN(c3nc(N)nc4nc[nH]c34)CC2)c(C)n1. The predicted octanol–water partition coefficient (Wildman–Crippen LogP) is 1.50. The largest absolute Gasteiger partial charge is 0.368 e. The van der Waals surface area contributed by atoms with Crippen LogP contribution in [-0.2, 0) is 6.54 Å². The number of H-pyrrole nitrogens is 1. The van der Waals surface area contributed by atoms with Crippen LogP contribution in [0.1, 0.15) is 42.2 Å². The van der Waals surface area contributed by atoms with E-state index in [4.69, 9.17) is 5.73 Å². The van der Waals surface area contributed by atoms with Gasteiger partial charge in [0.15, 0.2) is 11.5 Å². The highest BCUT2D eigenvalue weighted by molar-refractivity contribution is 5.95. The van der Waals surface area contributed by atoms with E-state index in [1.165, 1.54) is 0 Å². The second kappa shape index (κ2) is 8.06. The van der Waals surface area contributed by atoms with Crippen LogP contribution >= 0.6 is 0 Å². The van der Waals surface area contributed by atoms with Gasteiger partial charge in [0.05, 0.1) is 17.6 Å². The number of imidazole rings is 1. The number of aromatic amines is 1. The molecule has 29 heavy (non-hydrogen) atoms. The number of rotatable bonds is 6. The van der Waals surface area contributed by atoms with Crippen molar-refractivity contribution in [3.63, 3.8) is 0 Å². The van der Waals surface area contributed by atoms with Gasteiger partial charge in [0.25, 0.3) is 5.91 Å². The smallest absolute Gasteiger partial charge is 0.254 e. The van der Waals surface area contributed by atoms with E-state index in [-0.39, 0.29) is 11.9 Å². The summed E-state index contributed by atoms with van der Waals surface area (Å²) in [5.74, 6) is 1.41. The van der Waals surface area contributed by atoms with Gasteiger partial charge in [-0.15, -0.1) is 0 Å². The number of nitrogens with two attached hydrogens (primary N) is 1. The van der Waals surface area contributed by atoms with Crippen LogP contribution in [0.15, 0.2) is 12.5 Å². The lowest BCUT2D eigenvalue weighted by Gasteiger charge is -2.33. The van der Waals surface area contributed by atoms with Gasteiger partial charge in [-0.1, -0.05) is 6.92 Å². The van der Waals surface area contributed by atoms with Gasteiger partial charge in [-0.25, -0.2) is 4.98 Å². The molecule has 10 heteroatoms. The number of carbonyl (C=O) groups excluding carboxylic acids is 1. The van der Waals surface area contributed by atoms with Gasteiger partial charge in [-0.05, 0) is 32.1 Å². The van der Waals surface area contributed by atoms with Gasteiger partial charge in [-0.2, -0.15) is 15.1 Å². The zero-order valence-electron chi connectivity index (χ0n) is 16.9. The minimum Gasteiger partial charge on any atom is -0.368 e. The fourth-order valence-electron chi connectivity index (χ4n) is 3.83. The summed E-state index contributed by atoms with van der Waals surface area (Å²) in [5, 5.41) is 7.49. The Kier molecular flexibility index (Phi) is 5.32. The Hall–Kier alpha value is -3.17. The third kappa shape index (κ3) is 4.01. The number of fused-ring (bicyclic) bond motifs is 1. The number of aryl methyl sites for hydroxylation is 2. The van der Waals surface area contributed by atoms with Crippen LogP contribution in [0, 0.1) is 12.8 Å². The van der Waals surface area contributed by atoms with E-state index in [1.807, 2.05) is 17.8 Å². The van der Waals surface area contributed by atoms with E-state index in [2.05, 4.69) is 42.2 Å². The number of hydrogen-bond acceptors (Lipinski definition) is 7. The van der Waals surface area contributed by atoms with Crippen molar-refractivity contribution < 1.29 is 4.79 Å². The number of aromatic nitrogens is 6. The summed E-state index contributed by atoms with van der Waals surface area (Å²) in [5.41, 5.74) is 8.66. The van der Waals surface area contributed by atoms with E-state index < -0.39 is 0 Å². The molecule has 0 radical (unpaired) electrons. The second-order valence-electron chi connectivity index (χ2n) is 7.54. The van der Waals surface area contributed by atoms with Gasteiger partial charge in [0.2, 0.25) is 5.95 Å². The number of nitrogens with zero attached hydrogens (tertiary/aromatic N) is 6. The Balaban J connectivity index is 1.33. The normalized spacial score (nSPS) is 15.2. The van der Waals surface area contributed by atoms with Crippen LogP contribution in [-0.4, -0.2) is 55.3 Å². The third-order valence-corrected chi connectivity index (χ3v) is 5.39. The quantitative estimate of drug-likeness (QED) is 0.574. The van der Waals surface area contributed by atoms with Crippen LogP contribution in [0.3, 0.4) is 0 Å². The third-order valence-electron chi connectivity index (χ3n) is 5.39. The number of nitrogen functional groups attached to an aromatic ring is 1. The molecule has 0 atom stereocenters. The highest BCUT2D eigenvalue weighted by Crippen LogP contribution is 2.26. The number of amides is 1. The second-order valence-corrected chi connectivity index (χ2v) is 7.54. The van der Waals surface area contributed by atoms with Crippen LogP contribution in [0.4, 0.5) is 11.8 Å². The molecular weight excluding hydrogens is 370 g/mol. The van der Waals surface area contributed by atoms with Crippen molar-refractivity contribution in [3.05, 3.63) is 23.8 Å². The molecule has 1 amide bonds. The molecule has 0 saturated carbocycles. The van der Waals surface area contributed by atoms with Crippen molar-refractivity contribution in [2.24, 2.45) is 5.92 Å². The van der Waals surface area contributed by atoms with Gasteiger partial charge >= 0.3 is 0 Å². The molecule has 1 fully saturated rings. The lowest BCUT2D eigenvalue weighted by atomic mass is 9.96. The van der Waals surface area contributed by atoms with Crippen LogP contribution in [0.5, 0.6) is 0 Å². The molecule has 4 N–H and O–H groups in total. The summed E-state index contributed by atoms with van der Waals surface area (Å²) in [6.07, 6.45) is 6.37. The van der Waals surface area contributed by atoms with Crippen molar-refractivity contribution >= 4 is 28.8 Å². The summed E-state index contributed by atoms with van der Waals surface area (Å²) in [4.78, 5) is 30.6. The minimum absolute atomic E-state index is 0.0463. The molecule has 1 aliphatic heterocycles. The summed E-state index contributed by atoms with van der Waals surface area (Å²) < 4.78 is 1.84. The molecule has 4 heterocycles. The topological polar surface area (TPSA) is 131 Å². The molecule has 0 aliphatic carbocycles. The van der Waals surface area contributed by atoms with Crippen molar-refractivity contribution in [1.29, 1.82) is 0 Å². The Morgan fingerprint density at radius 3 is 2.90 bits per heavy atom. The first-order valence-electron chi connectivity index (χ1n) is 10.1. The predicted molar refractivity (Wildman–Crippen MR) is 111 cm³/mol. The van der Waals surface area contributed by atoms with Crippen LogP contribution in [0.25, 0.3) is 11.2 Å². The Morgan fingerprint density at radius 2 is 2.14 bits per heavy atom. The maximum atomic E-state index is 12.5. The monoisotopic (exact) mass is 397 g/mol. The number of anilines is 2. The molecule has 3 aromatic rings. The number of nitrogens with one attached hydrogen (secondary N) is 2. The average molecular weight is 397 g/mol. The van der Waals surface area contributed by atoms with E-state index in [0.717, 1.165) is 55.9 Å². The van der Waals surface area contributed by atoms with Crippen molar-refractivity contribution in [2.75, 3.05) is 30.3 Å². The summed E-state index contributed by atoms with van der Waals surface area (Å²) in [7, 11) is 0. The minimum atomic E-state index is -0.0463. The molecule has 10 nitrogen and oxygen atoms in total. The zero-order chi connectivity index (χ0) is 20.4. The number of piperidine rings is 1. The van der Waals surface area contributed by atoms with Gasteiger partial charge in [0, 0.05) is 32.4 Å². The molecular formula is C19H27N9O. The summed E-state index contributed by atoms with van der Waals surface area (Å²) >= 11 is 0. The first kappa shape index (κ1) is 19.2. The van der Waals surface area contributed by atoms with Crippen molar-refractivity contribution in [1.82, 2.24) is 35.0 Å². The fraction of sp³-hybridized carbons (Fsp3) is 0.526. The molecule has 0 unspecified atom stereocenters. The molecule has 3 aromatic heterocycles. The fourth-order valence-corrected chi connectivity index (χ4v) is 3.83. The van der Waals surface area contributed by atoms with E-state index in [1.54, 1.807) is 6.33 Å². The van der Waals surface area contributed by atoms with E-state index in [9.17, 15) is 4.79 Å². The maximum absolute atomic E-state index is 12.5. The summed E-state index contributed by atoms with van der Waals surface area (Å²) in [6.45, 7) is 7.15. The number of hydrogen-bond donors (Lipinski definition) is 3. The molecule has 0 aromatic carbocycles. The van der Waals surface area contributed by atoms with Gasteiger partial charge < -0.3 is 20.9 Å². The number of carbonyl (C=O) groups is 1. The first-order chi connectivity index (χ1) is 14.0. The van der Waals surface area contributed by atoms with E-state index >= 15 is 0 Å². The Morgan fingerprint density at radius 1 is 1.34 bits per heavy atom. The van der Waals surface area contributed by atoms with E-state index in [0.29, 0.717) is 23.7 Å². The standard InChI is InChI=1S/C19H27N9O/c1-3-6-28-10-14(12(2)26-28)18(29)21-9-13-4-7-27(8-5-13)17-15-16(23-11-22-15)24-19(20)25-17/h10-11,13H,3-9H2,1-2H3,(H,21,29)(H3,20,22,23,24,25).